The highest BCUT2D eigenvalue weighted by molar-refractivity contribution is 5.81. The fourth-order valence-electron chi connectivity index (χ4n) is 1.38. The smallest absolute Gasteiger partial charge is 0.408 e. The van der Waals surface area contributed by atoms with Crippen molar-refractivity contribution in [1.82, 2.24) is 5.32 Å². The number of hydrogen-bond acceptors (Lipinski definition) is 5. The van der Waals surface area contributed by atoms with E-state index < -0.39 is 23.7 Å². The second kappa shape index (κ2) is 5.35. The number of ether oxygens (including phenoxy) is 3. The van der Waals surface area contributed by atoms with Gasteiger partial charge < -0.3 is 19.5 Å². The first-order chi connectivity index (χ1) is 7.83. The van der Waals surface area contributed by atoms with E-state index in [1.165, 1.54) is 7.11 Å². The first-order valence-electron chi connectivity index (χ1n) is 5.48. The van der Waals surface area contributed by atoms with Crippen molar-refractivity contribution in [3.05, 3.63) is 0 Å². The second-order valence-electron chi connectivity index (χ2n) is 4.94. The van der Waals surface area contributed by atoms with Gasteiger partial charge in [0.25, 0.3) is 0 Å². The Morgan fingerprint density at radius 3 is 2.29 bits per heavy atom. The quantitative estimate of drug-likeness (QED) is 0.741. The number of nitrogens with one attached hydrogen (secondary N) is 1. The number of carbonyl (C=O) groups excluding carboxylic acids is 2. The molecule has 1 rings (SSSR count). The maximum Gasteiger partial charge on any atom is 0.408 e. The Balaban J connectivity index is 2.54. The topological polar surface area (TPSA) is 73.9 Å². The third-order valence-corrected chi connectivity index (χ3v) is 2.26. The summed E-state index contributed by atoms with van der Waals surface area (Å²) in [4.78, 5) is 23.1. The molecule has 1 saturated heterocycles. The van der Waals surface area contributed by atoms with Gasteiger partial charge in [-0.2, -0.15) is 0 Å². The van der Waals surface area contributed by atoms with Crippen LogP contribution in [-0.2, 0) is 19.0 Å². The van der Waals surface area contributed by atoms with Crippen LogP contribution in [0.25, 0.3) is 0 Å². The minimum absolute atomic E-state index is 0.0463. The lowest BCUT2D eigenvalue weighted by molar-refractivity contribution is -0.150. The number of carbonyl (C=O) groups is 2. The summed E-state index contributed by atoms with van der Waals surface area (Å²) in [5.74, 6) is -0.529. The predicted octanol–water partition coefficient (Wildman–Crippen LogP) is 0.699. The highest BCUT2D eigenvalue weighted by atomic mass is 16.6. The molecule has 1 aliphatic heterocycles. The molecular weight excluding hydrogens is 226 g/mol. The van der Waals surface area contributed by atoms with Crippen LogP contribution in [0, 0.1) is 5.92 Å². The maximum absolute atomic E-state index is 11.6. The molecule has 0 aromatic heterocycles. The van der Waals surface area contributed by atoms with Crippen molar-refractivity contribution in [3.63, 3.8) is 0 Å². The molecule has 1 N–H and O–H groups in total. The molecule has 1 atom stereocenters. The highest BCUT2D eigenvalue weighted by Crippen LogP contribution is 2.17. The van der Waals surface area contributed by atoms with Gasteiger partial charge in [-0.3, -0.25) is 0 Å². The predicted molar refractivity (Wildman–Crippen MR) is 59.5 cm³/mol. The van der Waals surface area contributed by atoms with Gasteiger partial charge in [-0.1, -0.05) is 0 Å². The standard InChI is InChI=1S/C11H19NO5/c1-11(2,3)17-10(14)12-8(9(13)15-4)7-5-16-6-7/h7-8H,5-6H2,1-4H3,(H,12,14). The monoisotopic (exact) mass is 245 g/mol. The van der Waals surface area contributed by atoms with E-state index in [2.05, 4.69) is 10.1 Å². The Morgan fingerprint density at radius 2 is 1.94 bits per heavy atom. The lowest BCUT2D eigenvalue weighted by Crippen LogP contribution is -2.53. The van der Waals surface area contributed by atoms with Gasteiger partial charge >= 0.3 is 12.1 Å². The number of alkyl carbamates (subject to hydrolysis) is 1. The summed E-state index contributed by atoms with van der Waals surface area (Å²) in [7, 11) is 1.28. The Hall–Kier alpha value is -1.30. The summed E-state index contributed by atoms with van der Waals surface area (Å²) in [5, 5.41) is 2.51. The summed E-state index contributed by atoms with van der Waals surface area (Å²) in [5.41, 5.74) is -0.596. The first-order valence-corrected chi connectivity index (χ1v) is 5.48. The summed E-state index contributed by atoms with van der Waals surface area (Å²) >= 11 is 0. The Labute approximate surface area is 101 Å². The van der Waals surface area contributed by atoms with Crippen molar-refractivity contribution in [1.29, 1.82) is 0 Å². The summed E-state index contributed by atoms with van der Waals surface area (Å²) in [6, 6.07) is -0.705. The van der Waals surface area contributed by atoms with E-state index in [0.29, 0.717) is 13.2 Å². The molecule has 98 valence electrons. The average molecular weight is 245 g/mol. The molecule has 0 aromatic carbocycles. The molecule has 17 heavy (non-hydrogen) atoms. The van der Waals surface area contributed by atoms with E-state index in [1.54, 1.807) is 20.8 Å². The molecule has 6 nitrogen and oxygen atoms in total. The molecule has 1 fully saturated rings. The SMILES string of the molecule is COC(=O)C(NC(=O)OC(C)(C)C)C1COC1. The van der Waals surface area contributed by atoms with Gasteiger partial charge in [0, 0.05) is 5.92 Å². The van der Waals surface area contributed by atoms with E-state index >= 15 is 0 Å². The second-order valence-corrected chi connectivity index (χ2v) is 4.94. The van der Waals surface area contributed by atoms with Crippen molar-refractivity contribution < 1.29 is 23.8 Å². The number of hydrogen-bond donors (Lipinski definition) is 1. The van der Waals surface area contributed by atoms with Gasteiger partial charge in [-0.05, 0) is 20.8 Å². The molecule has 6 heteroatoms. The Bertz CT molecular complexity index is 293. The van der Waals surface area contributed by atoms with Gasteiger partial charge in [0.05, 0.1) is 20.3 Å². The third-order valence-electron chi connectivity index (χ3n) is 2.26. The first kappa shape index (κ1) is 13.8. The minimum atomic E-state index is -0.705. The third kappa shape index (κ3) is 4.22. The van der Waals surface area contributed by atoms with Crippen LogP contribution >= 0.6 is 0 Å². The van der Waals surface area contributed by atoms with Crippen LogP contribution < -0.4 is 5.32 Å². The van der Waals surface area contributed by atoms with Crippen molar-refractivity contribution in [3.8, 4) is 0 Å². The summed E-state index contributed by atoms with van der Waals surface area (Å²) < 4.78 is 14.7. The number of esters is 1. The molecular formula is C11H19NO5. The van der Waals surface area contributed by atoms with Crippen molar-refractivity contribution in [2.24, 2.45) is 5.92 Å². The molecule has 1 amide bonds. The van der Waals surface area contributed by atoms with E-state index in [-0.39, 0.29) is 5.92 Å². The van der Waals surface area contributed by atoms with Gasteiger partial charge in [0.1, 0.15) is 11.6 Å². The molecule has 1 aliphatic rings. The van der Waals surface area contributed by atoms with E-state index in [0.717, 1.165) is 0 Å². The van der Waals surface area contributed by atoms with Gasteiger partial charge in [0.2, 0.25) is 0 Å². The number of methoxy groups -OCH3 is 1. The van der Waals surface area contributed by atoms with Crippen LogP contribution in [0.15, 0.2) is 0 Å². The van der Waals surface area contributed by atoms with E-state index in [4.69, 9.17) is 9.47 Å². The van der Waals surface area contributed by atoms with Gasteiger partial charge in [-0.25, -0.2) is 9.59 Å². The fraction of sp³-hybridized carbons (Fsp3) is 0.818. The van der Waals surface area contributed by atoms with Crippen molar-refractivity contribution in [2.45, 2.75) is 32.4 Å². The molecule has 0 aliphatic carbocycles. The average Bonchev–Trinajstić information content (AvgIpc) is 2.09. The van der Waals surface area contributed by atoms with Crippen molar-refractivity contribution >= 4 is 12.1 Å². The van der Waals surface area contributed by atoms with Crippen LogP contribution in [0.1, 0.15) is 20.8 Å². The van der Waals surface area contributed by atoms with E-state index in [1.807, 2.05) is 0 Å². The largest absolute Gasteiger partial charge is 0.467 e. The lowest BCUT2D eigenvalue weighted by Gasteiger charge is -2.32. The zero-order chi connectivity index (χ0) is 13.1. The van der Waals surface area contributed by atoms with E-state index in [9.17, 15) is 9.59 Å². The molecule has 0 saturated carbocycles. The molecule has 0 radical (unpaired) electrons. The summed E-state index contributed by atoms with van der Waals surface area (Å²) in [6.45, 7) is 6.15. The zero-order valence-corrected chi connectivity index (χ0v) is 10.6. The molecule has 1 unspecified atom stereocenters. The number of rotatable bonds is 3. The van der Waals surface area contributed by atoms with Gasteiger partial charge in [-0.15, -0.1) is 0 Å². The molecule has 1 heterocycles. The Kier molecular flexibility index (Phi) is 4.34. The van der Waals surface area contributed by atoms with Crippen LogP contribution in [0.5, 0.6) is 0 Å². The maximum atomic E-state index is 11.6. The zero-order valence-electron chi connectivity index (χ0n) is 10.6. The Morgan fingerprint density at radius 1 is 1.35 bits per heavy atom. The molecule has 0 spiro atoms. The molecule has 0 bridgehead atoms. The van der Waals surface area contributed by atoms with Crippen LogP contribution in [0.2, 0.25) is 0 Å². The number of amides is 1. The highest BCUT2D eigenvalue weighted by Gasteiger charge is 2.36. The lowest BCUT2D eigenvalue weighted by atomic mass is 9.98. The fourth-order valence-corrected chi connectivity index (χ4v) is 1.38. The minimum Gasteiger partial charge on any atom is -0.467 e. The van der Waals surface area contributed by atoms with Crippen LogP contribution in [-0.4, -0.2) is 44.0 Å². The van der Waals surface area contributed by atoms with Crippen LogP contribution in [0.3, 0.4) is 0 Å². The normalized spacial score (nSPS) is 17.9. The van der Waals surface area contributed by atoms with Crippen molar-refractivity contribution in [2.75, 3.05) is 20.3 Å². The van der Waals surface area contributed by atoms with Gasteiger partial charge in [0.15, 0.2) is 0 Å². The summed E-state index contributed by atoms with van der Waals surface area (Å²) in [6.07, 6.45) is -0.625. The molecule has 0 aromatic rings. The van der Waals surface area contributed by atoms with Crippen LogP contribution in [0.4, 0.5) is 4.79 Å².